The second kappa shape index (κ2) is 14.4. The number of carbonyl (C=O) groups excluding carboxylic acids is 4. The molecule has 3 aromatic rings. The van der Waals surface area contributed by atoms with Crippen molar-refractivity contribution in [3.8, 4) is 0 Å². The number of benzene rings is 2. The van der Waals surface area contributed by atoms with Crippen molar-refractivity contribution in [1.29, 1.82) is 0 Å². The lowest BCUT2D eigenvalue weighted by Gasteiger charge is -2.30. The Kier molecular flexibility index (Phi) is 10.6. The molecule has 11 nitrogen and oxygen atoms in total. The number of hydrogen-bond acceptors (Lipinski definition) is 7. The van der Waals surface area contributed by atoms with E-state index in [0.29, 0.717) is 52.8 Å². The number of nitrogens with zero attached hydrogens (tertiary/aromatic N) is 5. The van der Waals surface area contributed by atoms with Crippen LogP contribution in [0.25, 0.3) is 0 Å². The molecule has 0 spiro atoms. The monoisotopic (exact) mass is 613 g/mol. The molecule has 3 amide bonds. The topological polar surface area (TPSA) is 139 Å². The number of amides is 3. The van der Waals surface area contributed by atoms with Crippen LogP contribution in [0.2, 0.25) is 10.0 Å². The van der Waals surface area contributed by atoms with Crippen molar-refractivity contribution in [2.45, 2.75) is 70.6 Å². The number of halogens is 2. The molecule has 2 aromatic carbocycles. The van der Waals surface area contributed by atoms with Gasteiger partial charge in [-0.05, 0) is 72.9 Å². The maximum absolute atomic E-state index is 13.4. The average molecular weight is 615 g/mol. The van der Waals surface area contributed by atoms with E-state index in [0.717, 1.165) is 6.42 Å². The molecule has 0 bridgehead atoms. The van der Waals surface area contributed by atoms with Crippen molar-refractivity contribution in [1.82, 2.24) is 35.7 Å². The van der Waals surface area contributed by atoms with E-state index >= 15 is 0 Å². The quantitative estimate of drug-likeness (QED) is 0.338. The van der Waals surface area contributed by atoms with Crippen LogP contribution in [-0.4, -0.2) is 73.3 Å². The van der Waals surface area contributed by atoms with Crippen LogP contribution in [0.15, 0.2) is 48.5 Å². The van der Waals surface area contributed by atoms with Crippen LogP contribution < -0.4 is 10.6 Å². The molecule has 3 atom stereocenters. The second-order valence-corrected chi connectivity index (χ2v) is 11.0. The predicted molar refractivity (Wildman–Crippen MR) is 157 cm³/mol. The largest absolute Gasteiger partial charge is 0.344 e. The van der Waals surface area contributed by atoms with Crippen LogP contribution in [0.4, 0.5) is 0 Å². The van der Waals surface area contributed by atoms with Gasteiger partial charge in [0.1, 0.15) is 18.6 Å². The standard InChI is InChI=1S/C29H33Cl2N7O4/c1-3-23(25(39)17-38-26(34-35-36-38)16-20-21(30)12-9-13-22(20)31)32-27(40)18(2)37-15-8-7-14-24(29(37)42)33-28(41)19-10-5-4-6-11-19/h4-6,9-13,18,23-24H,3,7-8,14-17H2,1-2H3,(H,32,40)(H,33,41)/t18?,23?,24-/m0/s1. The van der Waals surface area contributed by atoms with Crippen LogP contribution in [0, 0.1) is 0 Å². The van der Waals surface area contributed by atoms with Crippen molar-refractivity contribution in [3.05, 3.63) is 75.5 Å². The summed E-state index contributed by atoms with van der Waals surface area (Å²) >= 11 is 12.6. The zero-order chi connectivity index (χ0) is 30.2. The van der Waals surface area contributed by atoms with E-state index in [9.17, 15) is 19.2 Å². The fourth-order valence-corrected chi connectivity index (χ4v) is 5.38. The molecule has 222 valence electrons. The Morgan fingerprint density at radius 1 is 1.05 bits per heavy atom. The van der Waals surface area contributed by atoms with Gasteiger partial charge in [-0.15, -0.1) is 5.10 Å². The lowest BCUT2D eigenvalue weighted by atomic mass is 10.1. The van der Waals surface area contributed by atoms with Gasteiger partial charge in [-0.3, -0.25) is 19.2 Å². The Bertz CT molecular complexity index is 1410. The molecule has 1 fully saturated rings. The molecule has 1 saturated heterocycles. The fraction of sp³-hybridized carbons (Fsp3) is 0.414. The minimum atomic E-state index is -0.848. The molecule has 1 aliphatic heterocycles. The van der Waals surface area contributed by atoms with Crippen LogP contribution in [-0.2, 0) is 27.3 Å². The zero-order valence-electron chi connectivity index (χ0n) is 23.4. The second-order valence-electron chi connectivity index (χ2n) is 10.2. The Morgan fingerprint density at radius 3 is 2.45 bits per heavy atom. The first kappa shape index (κ1) is 31.1. The number of Topliss-reactive ketones (excluding diaryl/α,β-unsaturated/α-hetero) is 1. The highest BCUT2D eigenvalue weighted by Gasteiger charge is 2.35. The molecule has 0 saturated carbocycles. The number of tetrazole rings is 1. The summed E-state index contributed by atoms with van der Waals surface area (Å²) in [5, 5.41) is 18.2. The normalized spacial score (nSPS) is 16.8. The summed E-state index contributed by atoms with van der Waals surface area (Å²) in [5.74, 6) is -1.03. The first-order valence-corrected chi connectivity index (χ1v) is 14.6. The van der Waals surface area contributed by atoms with E-state index in [2.05, 4.69) is 26.2 Å². The Labute approximate surface area is 253 Å². The van der Waals surface area contributed by atoms with Crippen LogP contribution >= 0.6 is 23.2 Å². The van der Waals surface area contributed by atoms with Gasteiger partial charge in [0.25, 0.3) is 5.91 Å². The molecule has 13 heteroatoms. The lowest BCUT2D eigenvalue weighted by Crippen LogP contribution is -2.56. The van der Waals surface area contributed by atoms with Crippen molar-refractivity contribution in [2.24, 2.45) is 0 Å². The molecule has 1 aliphatic rings. The third-order valence-electron chi connectivity index (χ3n) is 7.33. The van der Waals surface area contributed by atoms with E-state index in [1.165, 1.54) is 9.58 Å². The van der Waals surface area contributed by atoms with Crippen molar-refractivity contribution in [2.75, 3.05) is 6.54 Å². The first-order chi connectivity index (χ1) is 20.2. The number of likely N-dealkylation sites (tertiary alicyclic amines) is 1. The molecule has 0 aliphatic carbocycles. The average Bonchev–Trinajstić information content (AvgIpc) is 3.34. The number of hydrogen-bond donors (Lipinski definition) is 2. The zero-order valence-corrected chi connectivity index (χ0v) is 24.9. The van der Waals surface area contributed by atoms with Crippen LogP contribution in [0.1, 0.15) is 61.3 Å². The van der Waals surface area contributed by atoms with Gasteiger partial charge in [0.05, 0.1) is 6.04 Å². The van der Waals surface area contributed by atoms with E-state index in [1.54, 1.807) is 56.3 Å². The Morgan fingerprint density at radius 2 is 1.76 bits per heavy atom. The summed E-state index contributed by atoms with van der Waals surface area (Å²) < 4.78 is 1.36. The maximum atomic E-state index is 13.4. The van der Waals surface area contributed by atoms with Crippen molar-refractivity contribution >= 4 is 46.7 Å². The summed E-state index contributed by atoms with van der Waals surface area (Å²) in [7, 11) is 0. The number of carbonyl (C=O) groups is 4. The molecule has 4 rings (SSSR count). The fourth-order valence-electron chi connectivity index (χ4n) is 4.85. The van der Waals surface area contributed by atoms with Gasteiger partial charge in [0.15, 0.2) is 11.6 Å². The highest BCUT2D eigenvalue weighted by molar-refractivity contribution is 6.36. The summed E-state index contributed by atoms with van der Waals surface area (Å²) in [5.41, 5.74) is 1.09. The van der Waals surface area contributed by atoms with Crippen LogP contribution in [0.5, 0.6) is 0 Å². The molecule has 0 radical (unpaired) electrons. The smallest absolute Gasteiger partial charge is 0.251 e. The molecule has 1 aromatic heterocycles. The SMILES string of the molecule is CCC(NC(=O)C(C)N1CCCC[C@H](NC(=O)c2ccccc2)C1=O)C(=O)Cn1nnnc1Cc1c(Cl)cccc1Cl. The van der Waals surface area contributed by atoms with Gasteiger partial charge in [-0.1, -0.05) is 54.4 Å². The number of rotatable bonds is 11. The first-order valence-electron chi connectivity index (χ1n) is 13.9. The number of aromatic nitrogens is 4. The van der Waals surface area contributed by atoms with Gasteiger partial charge in [-0.25, -0.2) is 4.68 Å². The number of nitrogens with one attached hydrogen (secondary N) is 2. The molecular formula is C29H33Cl2N7O4. The summed E-state index contributed by atoms with van der Waals surface area (Å²) in [4.78, 5) is 54.1. The molecular weight excluding hydrogens is 581 g/mol. The van der Waals surface area contributed by atoms with E-state index in [4.69, 9.17) is 23.2 Å². The van der Waals surface area contributed by atoms with Crippen molar-refractivity contribution < 1.29 is 19.2 Å². The minimum Gasteiger partial charge on any atom is -0.344 e. The van der Waals surface area contributed by atoms with Crippen molar-refractivity contribution in [3.63, 3.8) is 0 Å². The lowest BCUT2D eigenvalue weighted by molar-refractivity contribution is -0.141. The van der Waals surface area contributed by atoms with Gasteiger partial charge < -0.3 is 15.5 Å². The Balaban J connectivity index is 1.39. The summed E-state index contributed by atoms with van der Waals surface area (Å²) in [6, 6.07) is 11.4. The number of ketones is 1. The van der Waals surface area contributed by atoms with Gasteiger partial charge >= 0.3 is 0 Å². The highest BCUT2D eigenvalue weighted by atomic mass is 35.5. The van der Waals surface area contributed by atoms with Crippen LogP contribution in [0.3, 0.4) is 0 Å². The molecule has 42 heavy (non-hydrogen) atoms. The van der Waals surface area contributed by atoms with E-state index < -0.39 is 24.0 Å². The highest BCUT2D eigenvalue weighted by Crippen LogP contribution is 2.26. The maximum Gasteiger partial charge on any atom is 0.251 e. The van der Waals surface area contributed by atoms with E-state index in [-0.39, 0.29) is 30.6 Å². The molecule has 2 heterocycles. The minimum absolute atomic E-state index is 0.173. The van der Waals surface area contributed by atoms with Gasteiger partial charge in [0, 0.05) is 28.6 Å². The summed E-state index contributed by atoms with van der Waals surface area (Å²) in [6.45, 7) is 3.60. The molecule has 2 N–H and O–H groups in total. The molecule has 2 unspecified atom stereocenters. The Hall–Kier alpha value is -3.83. The third kappa shape index (κ3) is 7.51. The predicted octanol–water partition coefficient (Wildman–Crippen LogP) is 3.23. The van der Waals surface area contributed by atoms with E-state index in [1.807, 2.05) is 6.07 Å². The summed E-state index contributed by atoms with van der Waals surface area (Å²) in [6.07, 6.45) is 2.44. The van der Waals surface area contributed by atoms with Gasteiger partial charge in [0.2, 0.25) is 11.8 Å². The van der Waals surface area contributed by atoms with Gasteiger partial charge in [-0.2, -0.15) is 0 Å². The third-order valence-corrected chi connectivity index (χ3v) is 8.04.